The number of hydrogen-bond donors (Lipinski definition) is 1. The number of alkyl halides is 3. The maximum Gasteiger partial charge on any atom is 0.402 e. The summed E-state index contributed by atoms with van der Waals surface area (Å²) in [6.07, 6.45) is -0.146. The Morgan fingerprint density at radius 1 is 1.20 bits per heavy atom. The first-order valence-electron chi connectivity index (χ1n) is 8.54. The standard InChI is InChI=1S/C15H26F3N3O3S/c1-25(23,24)21(10-15(16,17)18)12-5-7-20(8-6-12)14(22)9-11-3-2-4-13(11)19/h11-13H,2-10,19H2,1H3/t11-,13+/m0/s1. The third kappa shape index (κ3) is 5.82. The van der Waals surface area contributed by atoms with E-state index in [9.17, 15) is 26.4 Å². The molecule has 0 bridgehead atoms. The molecule has 1 amide bonds. The van der Waals surface area contributed by atoms with Gasteiger partial charge in [-0.2, -0.15) is 17.5 Å². The first-order valence-corrected chi connectivity index (χ1v) is 10.4. The Balaban J connectivity index is 1.91. The topological polar surface area (TPSA) is 83.7 Å². The molecule has 10 heteroatoms. The molecule has 2 fully saturated rings. The molecule has 25 heavy (non-hydrogen) atoms. The van der Waals surface area contributed by atoms with E-state index in [-0.39, 0.29) is 43.8 Å². The minimum Gasteiger partial charge on any atom is -0.343 e. The van der Waals surface area contributed by atoms with Crippen molar-refractivity contribution in [3.05, 3.63) is 0 Å². The van der Waals surface area contributed by atoms with Gasteiger partial charge in [-0.25, -0.2) is 8.42 Å². The van der Waals surface area contributed by atoms with Crippen LogP contribution in [0.1, 0.15) is 38.5 Å². The highest BCUT2D eigenvalue weighted by Gasteiger charge is 2.40. The van der Waals surface area contributed by atoms with Gasteiger partial charge in [-0.15, -0.1) is 0 Å². The van der Waals surface area contributed by atoms with Crippen LogP contribution in [0.3, 0.4) is 0 Å². The number of amides is 1. The highest BCUT2D eigenvalue weighted by Crippen LogP contribution is 2.29. The van der Waals surface area contributed by atoms with Gasteiger partial charge in [-0.05, 0) is 31.6 Å². The van der Waals surface area contributed by atoms with E-state index in [4.69, 9.17) is 5.73 Å². The molecule has 2 atom stereocenters. The van der Waals surface area contributed by atoms with E-state index in [0.29, 0.717) is 10.7 Å². The average Bonchev–Trinajstić information content (AvgIpc) is 2.88. The van der Waals surface area contributed by atoms with Crippen molar-refractivity contribution in [1.82, 2.24) is 9.21 Å². The van der Waals surface area contributed by atoms with Gasteiger partial charge in [0.25, 0.3) is 0 Å². The van der Waals surface area contributed by atoms with Crippen LogP contribution in [0.25, 0.3) is 0 Å². The smallest absolute Gasteiger partial charge is 0.343 e. The molecule has 1 saturated carbocycles. The summed E-state index contributed by atoms with van der Waals surface area (Å²) in [5, 5.41) is 0. The minimum atomic E-state index is -4.59. The van der Waals surface area contributed by atoms with Gasteiger partial charge in [0, 0.05) is 31.6 Å². The molecule has 0 unspecified atom stereocenters. The SMILES string of the molecule is CS(=O)(=O)N(CC(F)(F)F)C1CCN(C(=O)C[C@@H]2CCC[C@H]2N)CC1. The van der Waals surface area contributed by atoms with Crippen LogP contribution in [0.5, 0.6) is 0 Å². The van der Waals surface area contributed by atoms with Gasteiger partial charge in [0.2, 0.25) is 15.9 Å². The predicted octanol–water partition coefficient (Wildman–Crippen LogP) is 1.32. The summed E-state index contributed by atoms with van der Waals surface area (Å²) < 4.78 is 62.0. The molecule has 0 spiro atoms. The largest absolute Gasteiger partial charge is 0.402 e. The predicted molar refractivity (Wildman–Crippen MR) is 87.1 cm³/mol. The number of halogens is 3. The lowest BCUT2D eigenvalue weighted by atomic mass is 9.98. The molecule has 1 aliphatic heterocycles. The first-order chi connectivity index (χ1) is 11.5. The highest BCUT2D eigenvalue weighted by atomic mass is 32.2. The van der Waals surface area contributed by atoms with Gasteiger partial charge in [-0.3, -0.25) is 4.79 Å². The molecule has 2 N–H and O–H groups in total. The molecule has 1 heterocycles. The van der Waals surface area contributed by atoms with E-state index < -0.39 is 28.8 Å². The summed E-state index contributed by atoms with van der Waals surface area (Å²) in [6, 6.07) is -0.691. The van der Waals surface area contributed by atoms with Crippen LogP contribution < -0.4 is 5.73 Å². The summed E-state index contributed by atoms with van der Waals surface area (Å²) in [4.78, 5) is 14.0. The van der Waals surface area contributed by atoms with Gasteiger partial charge >= 0.3 is 6.18 Å². The van der Waals surface area contributed by atoms with Gasteiger partial charge in [0.15, 0.2) is 0 Å². The van der Waals surface area contributed by atoms with Crippen molar-refractivity contribution < 1.29 is 26.4 Å². The normalized spacial score (nSPS) is 26.4. The van der Waals surface area contributed by atoms with Crippen molar-refractivity contribution in [1.29, 1.82) is 0 Å². The summed E-state index contributed by atoms with van der Waals surface area (Å²) in [5.41, 5.74) is 5.97. The number of carbonyl (C=O) groups is 1. The zero-order chi connectivity index (χ0) is 18.8. The second kappa shape index (κ2) is 7.79. The fraction of sp³-hybridized carbons (Fsp3) is 0.933. The van der Waals surface area contributed by atoms with E-state index in [1.165, 1.54) is 0 Å². The second-order valence-electron chi connectivity index (χ2n) is 7.09. The number of sulfonamides is 1. The van der Waals surface area contributed by atoms with Gasteiger partial charge in [-0.1, -0.05) is 6.42 Å². The summed E-state index contributed by atoms with van der Waals surface area (Å²) in [6.45, 7) is -0.938. The fourth-order valence-corrected chi connectivity index (χ4v) is 4.90. The Labute approximate surface area is 146 Å². The number of piperidine rings is 1. The molecule has 0 aromatic carbocycles. The molecular formula is C15H26F3N3O3S. The van der Waals surface area contributed by atoms with Crippen molar-refractivity contribution in [2.45, 2.75) is 56.8 Å². The maximum absolute atomic E-state index is 12.7. The molecule has 0 aromatic heterocycles. The maximum atomic E-state index is 12.7. The molecule has 6 nitrogen and oxygen atoms in total. The molecule has 0 aromatic rings. The van der Waals surface area contributed by atoms with Crippen LogP contribution >= 0.6 is 0 Å². The lowest BCUT2D eigenvalue weighted by Gasteiger charge is -2.38. The van der Waals surface area contributed by atoms with Crippen LogP contribution in [0.15, 0.2) is 0 Å². The monoisotopic (exact) mass is 385 g/mol. The van der Waals surface area contributed by atoms with Crippen LogP contribution in [0.4, 0.5) is 13.2 Å². The number of carbonyl (C=O) groups excluding carboxylic acids is 1. The van der Waals surface area contributed by atoms with Crippen molar-refractivity contribution in [2.24, 2.45) is 11.7 Å². The second-order valence-corrected chi connectivity index (χ2v) is 9.03. The number of rotatable bonds is 5. The number of likely N-dealkylation sites (tertiary alicyclic amines) is 1. The van der Waals surface area contributed by atoms with E-state index in [2.05, 4.69) is 0 Å². The lowest BCUT2D eigenvalue weighted by Crippen LogP contribution is -2.51. The first kappa shape index (κ1) is 20.4. The third-order valence-corrected chi connectivity index (χ3v) is 6.42. The van der Waals surface area contributed by atoms with Crippen LogP contribution in [-0.2, 0) is 14.8 Å². The number of nitrogens with two attached hydrogens (primary N) is 1. The molecule has 1 aliphatic carbocycles. The molecule has 2 rings (SSSR count). The lowest BCUT2D eigenvalue weighted by molar-refractivity contribution is -0.143. The van der Waals surface area contributed by atoms with Crippen molar-refractivity contribution in [2.75, 3.05) is 25.9 Å². The summed E-state index contributed by atoms with van der Waals surface area (Å²) in [5.74, 6) is 0.130. The Hall–Kier alpha value is -0.870. The number of hydrogen-bond acceptors (Lipinski definition) is 4. The van der Waals surface area contributed by atoms with Crippen molar-refractivity contribution in [3.8, 4) is 0 Å². The summed E-state index contributed by atoms with van der Waals surface area (Å²) >= 11 is 0. The quantitative estimate of drug-likeness (QED) is 0.774. The molecule has 2 aliphatic rings. The van der Waals surface area contributed by atoms with Crippen molar-refractivity contribution >= 4 is 15.9 Å². The van der Waals surface area contributed by atoms with Crippen LogP contribution in [0.2, 0.25) is 0 Å². The molecular weight excluding hydrogens is 359 g/mol. The zero-order valence-corrected chi connectivity index (χ0v) is 15.2. The Bertz CT molecular complexity index is 574. The molecule has 1 saturated heterocycles. The van der Waals surface area contributed by atoms with E-state index >= 15 is 0 Å². The van der Waals surface area contributed by atoms with Crippen LogP contribution in [-0.4, -0.2) is 67.7 Å². The highest BCUT2D eigenvalue weighted by molar-refractivity contribution is 7.88. The van der Waals surface area contributed by atoms with Gasteiger partial charge < -0.3 is 10.6 Å². The van der Waals surface area contributed by atoms with E-state index in [0.717, 1.165) is 25.5 Å². The Morgan fingerprint density at radius 3 is 2.24 bits per heavy atom. The van der Waals surface area contributed by atoms with Crippen molar-refractivity contribution in [3.63, 3.8) is 0 Å². The Morgan fingerprint density at radius 2 is 1.80 bits per heavy atom. The zero-order valence-electron chi connectivity index (χ0n) is 14.3. The Kier molecular flexibility index (Phi) is 6.37. The fourth-order valence-electron chi connectivity index (χ4n) is 3.77. The summed E-state index contributed by atoms with van der Waals surface area (Å²) in [7, 11) is -3.97. The average molecular weight is 385 g/mol. The van der Waals surface area contributed by atoms with Gasteiger partial charge in [0.1, 0.15) is 6.54 Å². The van der Waals surface area contributed by atoms with E-state index in [1.807, 2.05) is 0 Å². The molecule has 0 radical (unpaired) electrons. The minimum absolute atomic E-state index is 0.0361. The third-order valence-electron chi connectivity index (χ3n) is 5.14. The van der Waals surface area contributed by atoms with Gasteiger partial charge in [0.05, 0.1) is 6.26 Å². The van der Waals surface area contributed by atoms with E-state index in [1.54, 1.807) is 4.90 Å². The number of nitrogens with zero attached hydrogens (tertiary/aromatic N) is 2. The van der Waals surface area contributed by atoms with Crippen LogP contribution in [0, 0.1) is 5.92 Å². The molecule has 146 valence electrons.